The van der Waals surface area contributed by atoms with Gasteiger partial charge in [-0.3, -0.25) is 0 Å². The van der Waals surface area contributed by atoms with Gasteiger partial charge in [-0.25, -0.2) is 24.3 Å². The summed E-state index contributed by atoms with van der Waals surface area (Å²) < 4.78 is 13.7. The molecule has 0 aliphatic heterocycles. The Bertz CT molecular complexity index is 1350. The predicted octanol–water partition coefficient (Wildman–Crippen LogP) is 4.97. The maximum absolute atomic E-state index is 13.7. The van der Waals surface area contributed by atoms with Crippen LogP contribution in [0.5, 0.6) is 0 Å². The van der Waals surface area contributed by atoms with Crippen molar-refractivity contribution < 1.29 is 4.39 Å². The molecule has 5 aromatic rings. The van der Waals surface area contributed by atoms with Crippen molar-refractivity contribution in [3.63, 3.8) is 0 Å². The Balaban J connectivity index is 1.61. The Morgan fingerprint density at radius 2 is 1.93 bits per heavy atom. The number of anilines is 1. The van der Waals surface area contributed by atoms with Crippen LogP contribution in [-0.2, 0) is 6.54 Å². The van der Waals surface area contributed by atoms with E-state index in [1.165, 1.54) is 18.5 Å². The molecule has 2 aromatic carbocycles. The van der Waals surface area contributed by atoms with E-state index in [2.05, 4.69) is 25.3 Å². The van der Waals surface area contributed by atoms with E-state index in [9.17, 15) is 4.39 Å². The molecule has 3 aromatic heterocycles. The predicted molar refractivity (Wildman–Crippen MR) is 111 cm³/mol. The second-order valence-electron chi connectivity index (χ2n) is 6.49. The van der Waals surface area contributed by atoms with Gasteiger partial charge in [-0.2, -0.15) is 0 Å². The van der Waals surface area contributed by atoms with Crippen LogP contribution in [-0.4, -0.2) is 24.9 Å². The van der Waals surface area contributed by atoms with Crippen LogP contribution >= 0.6 is 11.6 Å². The highest BCUT2D eigenvalue weighted by atomic mass is 35.5. The van der Waals surface area contributed by atoms with E-state index in [4.69, 9.17) is 16.6 Å². The summed E-state index contributed by atoms with van der Waals surface area (Å²) in [5.74, 6) is 0.306. The number of fused-ring (bicyclic) bond motifs is 2. The van der Waals surface area contributed by atoms with Crippen molar-refractivity contribution in [3.8, 4) is 11.3 Å². The third-order valence-electron chi connectivity index (χ3n) is 4.66. The molecule has 0 spiro atoms. The molecular weight excluding hydrogens is 391 g/mol. The standard InChI is InChI=1S/C21H14ClFN6/c22-16-4-2-1-3-15(16)18-13(7-12-5-6-14(23)8-17(12)29-18)9-24-20-19-21(26-10-25-19)28-11-27-20/h1-8,10-11H,9H2,(H2,24,25,26,27,28). The fraction of sp³-hybridized carbons (Fsp3) is 0.0476. The number of aromatic nitrogens is 5. The Kier molecular flexibility index (Phi) is 4.29. The molecule has 0 saturated carbocycles. The molecule has 0 atom stereocenters. The van der Waals surface area contributed by atoms with E-state index < -0.39 is 0 Å². The molecule has 5 rings (SSSR count). The van der Waals surface area contributed by atoms with E-state index >= 15 is 0 Å². The highest BCUT2D eigenvalue weighted by Crippen LogP contribution is 2.32. The summed E-state index contributed by atoms with van der Waals surface area (Å²) in [5.41, 5.74) is 4.26. The number of nitrogens with one attached hydrogen (secondary N) is 2. The molecule has 0 bridgehead atoms. The van der Waals surface area contributed by atoms with Gasteiger partial charge in [0, 0.05) is 28.6 Å². The second kappa shape index (κ2) is 7.10. The first-order chi connectivity index (χ1) is 14.2. The van der Waals surface area contributed by atoms with E-state index in [0.717, 1.165) is 22.0 Å². The van der Waals surface area contributed by atoms with Crippen molar-refractivity contribution in [2.24, 2.45) is 0 Å². The largest absolute Gasteiger partial charge is 0.364 e. The summed E-state index contributed by atoms with van der Waals surface area (Å²) in [5, 5.41) is 4.74. The van der Waals surface area contributed by atoms with Gasteiger partial charge < -0.3 is 10.3 Å². The lowest BCUT2D eigenvalue weighted by Gasteiger charge is -2.13. The van der Waals surface area contributed by atoms with Crippen LogP contribution in [0.1, 0.15) is 5.56 Å². The van der Waals surface area contributed by atoms with Crippen molar-refractivity contribution >= 4 is 39.5 Å². The maximum atomic E-state index is 13.7. The van der Waals surface area contributed by atoms with Gasteiger partial charge in [-0.05, 0) is 29.8 Å². The topological polar surface area (TPSA) is 79.4 Å². The fourth-order valence-electron chi connectivity index (χ4n) is 3.28. The monoisotopic (exact) mass is 404 g/mol. The van der Waals surface area contributed by atoms with Crippen LogP contribution < -0.4 is 5.32 Å². The Hall–Kier alpha value is -3.58. The first-order valence-electron chi connectivity index (χ1n) is 8.91. The summed E-state index contributed by atoms with van der Waals surface area (Å²) in [6, 6.07) is 14.0. The molecule has 142 valence electrons. The molecule has 0 amide bonds. The number of aromatic amines is 1. The van der Waals surface area contributed by atoms with Crippen molar-refractivity contribution in [2.45, 2.75) is 6.54 Å². The van der Waals surface area contributed by atoms with E-state index in [0.29, 0.717) is 34.2 Å². The minimum absolute atomic E-state index is 0.330. The number of rotatable bonds is 4. The minimum Gasteiger partial charge on any atom is -0.364 e. The number of imidazole rings is 1. The molecule has 0 unspecified atom stereocenters. The molecule has 0 aliphatic rings. The second-order valence-corrected chi connectivity index (χ2v) is 6.90. The third-order valence-corrected chi connectivity index (χ3v) is 4.99. The first kappa shape index (κ1) is 17.5. The molecule has 0 saturated heterocycles. The molecule has 0 fully saturated rings. The van der Waals surface area contributed by atoms with E-state index in [1.807, 2.05) is 30.3 Å². The fourth-order valence-corrected chi connectivity index (χ4v) is 3.51. The SMILES string of the molecule is Fc1ccc2cc(CNc3ncnc4nc[nH]c34)c(-c3ccccc3Cl)nc2c1. The Morgan fingerprint density at radius 3 is 2.83 bits per heavy atom. The van der Waals surface area contributed by atoms with E-state index in [-0.39, 0.29) is 5.82 Å². The molecule has 3 heterocycles. The average Bonchev–Trinajstić information content (AvgIpc) is 3.21. The lowest BCUT2D eigenvalue weighted by molar-refractivity contribution is 0.629. The van der Waals surface area contributed by atoms with Crippen LogP contribution in [0.4, 0.5) is 10.2 Å². The zero-order chi connectivity index (χ0) is 19.8. The molecule has 6 nitrogen and oxygen atoms in total. The molecule has 0 radical (unpaired) electrons. The zero-order valence-corrected chi connectivity index (χ0v) is 15.8. The van der Waals surface area contributed by atoms with Crippen LogP contribution in [0.2, 0.25) is 5.02 Å². The number of nitrogens with zero attached hydrogens (tertiary/aromatic N) is 4. The maximum Gasteiger partial charge on any atom is 0.182 e. The Morgan fingerprint density at radius 1 is 1.03 bits per heavy atom. The molecular formula is C21H14ClFN6. The van der Waals surface area contributed by atoms with Gasteiger partial charge in [0.15, 0.2) is 11.5 Å². The normalized spacial score (nSPS) is 11.2. The van der Waals surface area contributed by atoms with Gasteiger partial charge in [0.05, 0.1) is 17.5 Å². The smallest absolute Gasteiger partial charge is 0.182 e. The van der Waals surface area contributed by atoms with Crippen LogP contribution in [0.25, 0.3) is 33.3 Å². The summed E-state index contributed by atoms with van der Waals surface area (Å²) in [7, 11) is 0. The van der Waals surface area contributed by atoms with Gasteiger partial charge in [0.2, 0.25) is 0 Å². The molecule has 8 heteroatoms. The summed E-state index contributed by atoms with van der Waals surface area (Å²) in [6.07, 6.45) is 3.04. The molecule has 2 N–H and O–H groups in total. The van der Waals surface area contributed by atoms with Gasteiger partial charge in [-0.1, -0.05) is 29.8 Å². The first-order valence-corrected chi connectivity index (χ1v) is 9.29. The highest BCUT2D eigenvalue weighted by Gasteiger charge is 2.14. The number of hydrogen-bond acceptors (Lipinski definition) is 5. The van der Waals surface area contributed by atoms with Crippen molar-refractivity contribution in [3.05, 3.63) is 77.6 Å². The highest BCUT2D eigenvalue weighted by molar-refractivity contribution is 6.33. The number of H-pyrrole nitrogens is 1. The van der Waals surface area contributed by atoms with Crippen LogP contribution in [0.15, 0.2) is 61.2 Å². The van der Waals surface area contributed by atoms with E-state index in [1.54, 1.807) is 12.4 Å². The lowest BCUT2D eigenvalue weighted by Crippen LogP contribution is -2.05. The van der Waals surface area contributed by atoms with Gasteiger partial charge in [0.25, 0.3) is 0 Å². The summed E-state index contributed by atoms with van der Waals surface area (Å²) in [6.45, 7) is 0.437. The number of pyridine rings is 1. The van der Waals surface area contributed by atoms with Crippen LogP contribution in [0, 0.1) is 5.82 Å². The average molecular weight is 405 g/mol. The third kappa shape index (κ3) is 3.25. The number of benzene rings is 2. The van der Waals surface area contributed by atoms with Crippen molar-refractivity contribution in [2.75, 3.05) is 5.32 Å². The van der Waals surface area contributed by atoms with Crippen molar-refractivity contribution in [1.82, 2.24) is 24.9 Å². The van der Waals surface area contributed by atoms with Gasteiger partial charge in [0.1, 0.15) is 17.7 Å². The number of hydrogen-bond donors (Lipinski definition) is 2. The molecule has 0 aliphatic carbocycles. The van der Waals surface area contributed by atoms with Gasteiger partial charge >= 0.3 is 0 Å². The lowest BCUT2D eigenvalue weighted by atomic mass is 10.0. The Labute approximate surface area is 169 Å². The minimum atomic E-state index is -0.330. The van der Waals surface area contributed by atoms with Crippen molar-refractivity contribution in [1.29, 1.82) is 0 Å². The van der Waals surface area contributed by atoms with Crippen LogP contribution in [0.3, 0.4) is 0 Å². The number of halogens is 2. The summed E-state index contributed by atoms with van der Waals surface area (Å²) in [4.78, 5) is 20.3. The quantitative estimate of drug-likeness (QED) is 0.442. The summed E-state index contributed by atoms with van der Waals surface area (Å²) >= 11 is 6.43. The zero-order valence-electron chi connectivity index (χ0n) is 15.0. The molecule has 29 heavy (non-hydrogen) atoms. The van der Waals surface area contributed by atoms with Gasteiger partial charge in [-0.15, -0.1) is 0 Å².